The molecule has 0 heterocycles. The van der Waals surface area contributed by atoms with Gasteiger partial charge in [0.15, 0.2) is 0 Å². The van der Waals surface area contributed by atoms with Crippen LogP contribution in [0.25, 0.3) is 0 Å². The summed E-state index contributed by atoms with van der Waals surface area (Å²) in [4.78, 5) is 0. The zero-order valence-corrected chi connectivity index (χ0v) is 11.4. The molecule has 1 unspecified atom stereocenters. The largest absolute Gasteiger partial charge is 0.390 e. The predicted octanol–water partition coefficient (Wildman–Crippen LogP) is 4.26. The number of allylic oxidation sites excluding steroid dienone is 1. The molecule has 0 radical (unpaired) electrons. The normalized spacial score (nSPS) is 14.2. The quantitative estimate of drug-likeness (QED) is 0.717. The number of hydrogen-bond donors (Lipinski definition) is 1. The van der Waals surface area contributed by atoms with Crippen molar-refractivity contribution in [3.8, 4) is 0 Å². The first kappa shape index (κ1) is 14.9. The lowest BCUT2D eigenvalue weighted by molar-refractivity contribution is 0.0218. The van der Waals surface area contributed by atoms with Gasteiger partial charge in [0.25, 0.3) is 0 Å². The van der Waals surface area contributed by atoms with Gasteiger partial charge in [-0.25, -0.2) is 4.39 Å². The van der Waals surface area contributed by atoms with E-state index in [9.17, 15) is 9.50 Å². The minimum absolute atomic E-state index is 0.234. The second-order valence-electron chi connectivity index (χ2n) is 5.20. The van der Waals surface area contributed by atoms with E-state index in [1.54, 1.807) is 12.1 Å². The lowest BCUT2D eigenvalue weighted by atomic mass is 9.85. The molecule has 0 spiro atoms. The van der Waals surface area contributed by atoms with Crippen LogP contribution in [-0.2, 0) is 6.42 Å². The van der Waals surface area contributed by atoms with Crippen molar-refractivity contribution < 1.29 is 9.50 Å². The summed E-state index contributed by atoms with van der Waals surface area (Å²) in [5, 5.41) is 10.6. The highest BCUT2D eigenvalue weighted by Crippen LogP contribution is 2.27. The molecule has 0 aliphatic carbocycles. The van der Waals surface area contributed by atoms with Crippen LogP contribution in [0, 0.1) is 5.82 Å². The lowest BCUT2D eigenvalue weighted by Gasteiger charge is -2.28. The van der Waals surface area contributed by atoms with E-state index in [0.29, 0.717) is 24.8 Å². The van der Waals surface area contributed by atoms with Gasteiger partial charge in [-0.2, -0.15) is 0 Å². The molecular formula is C16H23FO. The van der Waals surface area contributed by atoms with Crippen molar-refractivity contribution in [1.29, 1.82) is 0 Å². The molecule has 1 aromatic rings. The van der Waals surface area contributed by atoms with E-state index in [-0.39, 0.29) is 5.82 Å². The average Bonchev–Trinajstić information content (AvgIpc) is 2.30. The van der Waals surface area contributed by atoms with Crippen LogP contribution in [0.15, 0.2) is 36.4 Å². The second-order valence-corrected chi connectivity index (χ2v) is 5.20. The average molecular weight is 250 g/mol. The van der Waals surface area contributed by atoms with Gasteiger partial charge < -0.3 is 5.11 Å². The Morgan fingerprint density at radius 1 is 1.33 bits per heavy atom. The molecule has 1 atom stereocenters. The SMILES string of the molecule is C=C(C)CCC(O)(CCC)Cc1ccccc1F. The van der Waals surface area contributed by atoms with Crippen LogP contribution in [0.1, 0.15) is 45.1 Å². The van der Waals surface area contributed by atoms with Crippen LogP contribution in [0.4, 0.5) is 4.39 Å². The van der Waals surface area contributed by atoms with Crippen molar-refractivity contribution in [2.75, 3.05) is 0 Å². The van der Waals surface area contributed by atoms with Gasteiger partial charge in [0.2, 0.25) is 0 Å². The zero-order valence-electron chi connectivity index (χ0n) is 11.4. The molecule has 1 nitrogen and oxygen atoms in total. The van der Waals surface area contributed by atoms with Crippen LogP contribution in [0.3, 0.4) is 0 Å². The summed E-state index contributed by atoms with van der Waals surface area (Å²) < 4.78 is 13.6. The highest BCUT2D eigenvalue weighted by Gasteiger charge is 2.26. The van der Waals surface area contributed by atoms with Crippen LogP contribution >= 0.6 is 0 Å². The minimum Gasteiger partial charge on any atom is -0.390 e. The highest BCUT2D eigenvalue weighted by atomic mass is 19.1. The Bertz CT molecular complexity index is 400. The Labute approximate surface area is 109 Å². The van der Waals surface area contributed by atoms with E-state index in [2.05, 4.69) is 6.58 Å². The molecule has 0 fully saturated rings. The van der Waals surface area contributed by atoms with Gasteiger partial charge >= 0.3 is 0 Å². The molecule has 100 valence electrons. The van der Waals surface area contributed by atoms with Crippen LogP contribution in [-0.4, -0.2) is 10.7 Å². The summed E-state index contributed by atoms with van der Waals surface area (Å²) in [7, 11) is 0. The summed E-state index contributed by atoms with van der Waals surface area (Å²) in [6.45, 7) is 7.85. The molecule has 0 bridgehead atoms. The molecule has 1 N–H and O–H groups in total. The number of hydrogen-bond acceptors (Lipinski definition) is 1. The van der Waals surface area contributed by atoms with Gasteiger partial charge in [0.05, 0.1) is 5.60 Å². The van der Waals surface area contributed by atoms with Crippen molar-refractivity contribution in [1.82, 2.24) is 0 Å². The molecule has 2 heteroatoms. The fourth-order valence-corrected chi connectivity index (χ4v) is 2.21. The summed E-state index contributed by atoms with van der Waals surface area (Å²) >= 11 is 0. The van der Waals surface area contributed by atoms with E-state index in [1.807, 2.05) is 19.9 Å². The Morgan fingerprint density at radius 3 is 2.56 bits per heavy atom. The molecule has 0 amide bonds. The van der Waals surface area contributed by atoms with Crippen LogP contribution in [0.2, 0.25) is 0 Å². The Hall–Kier alpha value is -1.15. The van der Waals surface area contributed by atoms with Crippen molar-refractivity contribution in [2.24, 2.45) is 0 Å². The topological polar surface area (TPSA) is 20.2 Å². The monoisotopic (exact) mass is 250 g/mol. The van der Waals surface area contributed by atoms with E-state index in [0.717, 1.165) is 18.4 Å². The van der Waals surface area contributed by atoms with Crippen LogP contribution < -0.4 is 0 Å². The van der Waals surface area contributed by atoms with Gasteiger partial charge in [0, 0.05) is 6.42 Å². The first-order valence-corrected chi connectivity index (χ1v) is 6.57. The van der Waals surface area contributed by atoms with E-state index in [1.165, 1.54) is 6.07 Å². The first-order chi connectivity index (χ1) is 8.47. The van der Waals surface area contributed by atoms with Crippen LogP contribution in [0.5, 0.6) is 0 Å². The predicted molar refractivity (Wildman–Crippen MR) is 74.0 cm³/mol. The molecule has 1 rings (SSSR count). The van der Waals surface area contributed by atoms with Crippen molar-refractivity contribution in [2.45, 2.75) is 51.6 Å². The van der Waals surface area contributed by atoms with Gasteiger partial charge in [-0.3, -0.25) is 0 Å². The second kappa shape index (κ2) is 6.69. The molecule has 0 aliphatic rings. The Morgan fingerprint density at radius 2 is 2.00 bits per heavy atom. The maximum absolute atomic E-state index is 13.6. The summed E-state index contributed by atoms with van der Waals surface area (Å²) in [5.74, 6) is -0.234. The van der Waals surface area contributed by atoms with Gasteiger partial charge in [0.1, 0.15) is 5.82 Å². The van der Waals surface area contributed by atoms with Gasteiger partial charge in [-0.05, 0) is 37.8 Å². The molecule has 1 aromatic carbocycles. The third kappa shape index (κ3) is 4.61. The lowest BCUT2D eigenvalue weighted by Crippen LogP contribution is -2.31. The maximum atomic E-state index is 13.6. The minimum atomic E-state index is -0.824. The van der Waals surface area contributed by atoms with E-state index in [4.69, 9.17) is 0 Å². The number of halogens is 1. The van der Waals surface area contributed by atoms with Crippen molar-refractivity contribution in [3.63, 3.8) is 0 Å². The number of rotatable bonds is 7. The molecule has 0 saturated heterocycles. The molecule has 0 aromatic heterocycles. The van der Waals surface area contributed by atoms with E-state index < -0.39 is 5.60 Å². The first-order valence-electron chi connectivity index (χ1n) is 6.57. The van der Waals surface area contributed by atoms with Gasteiger partial charge in [-0.1, -0.05) is 37.1 Å². The maximum Gasteiger partial charge on any atom is 0.126 e. The summed E-state index contributed by atoms with van der Waals surface area (Å²) in [6.07, 6.45) is 3.38. The van der Waals surface area contributed by atoms with Gasteiger partial charge in [-0.15, -0.1) is 6.58 Å². The molecule has 0 saturated carbocycles. The summed E-state index contributed by atoms with van der Waals surface area (Å²) in [5.41, 5.74) is 0.823. The van der Waals surface area contributed by atoms with E-state index >= 15 is 0 Å². The molecule has 0 aliphatic heterocycles. The third-order valence-electron chi connectivity index (χ3n) is 3.21. The number of benzene rings is 1. The Balaban J connectivity index is 2.78. The summed E-state index contributed by atoms with van der Waals surface area (Å²) in [6, 6.07) is 6.67. The molecular weight excluding hydrogens is 227 g/mol. The third-order valence-corrected chi connectivity index (χ3v) is 3.21. The molecule has 18 heavy (non-hydrogen) atoms. The standard InChI is InChI=1S/C16H23FO/c1-4-10-16(18,11-9-13(2)3)12-14-7-5-6-8-15(14)17/h5-8,18H,2,4,9-12H2,1,3H3. The fraction of sp³-hybridized carbons (Fsp3) is 0.500. The fourth-order valence-electron chi connectivity index (χ4n) is 2.21. The smallest absolute Gasteiger partial charge is 0.126 e. The highest BCUT2D eigenvalue weighted by molar-refractivity contribution is 5.19. The zero-order chi connectivity index (χ0) is 13.6. The van der Waals surface area contributed by atoms with Crippen molar-refractivity contribution >= 4 is 0 Å². The van der Waals surface area contributed by atoms with Crippen molar-refractivity contribution in [3.05, 3.63) is 47.8 Å². The number of aliphatic hydroxyl groups is 1. The Kier molecular flexibility index (Phi) is 5.54.